The SMILES string of the molecule is C=CC1(C(=O)NC)CC(F)(F)C1. The summed E-state index contributed by atoms with van der Waals surface area (Å²) in [6, 6.07) is 0. The first kappa shape index (κ1) is 9.16. The second-order valence-corrected chi connectivity index (χ2v) is 3.15. The van der Waals surface area contributed by atoms with Gasteiger partial charge in [-0.2, -0.15) is 0 Å². The minimum atomic E-state index is -2.69. The van der Waals surface area contributed by atoms with Gasteiger partial charge in [0.2, 0.25) is 5.91 Å². The number of nitrogens with one attached hydrogen (secondary N) is 1. The van der Waals surface area contributed by atoms with Crippen molar-refractivity contribution >= 4 is 5.91 Å². The molecule has 0 unspecified atom stereocenters. The predicted molar refractivity (Wildman–Crippen MR) is 40.9 cm³/mol. The van der Waals surface area contributed by atoms with Gasteiger partial charge in [-0.3, -0.25) is 4.79 Å². The molecule has 0 aromatic rings. The van der Waals surface area contributed by atoms with Gasteiger partial charge in [0.25, 0.3) is 5.92 Å². The standard InChI is InChI=1S/C8H11F2NO/c1-3-7(6(12)11-2)4-8(9,10)5-7/h3H,1,4-5H2,2H3,(H,11,12). The first-order valence-corrected chi connectivity index (χ1v) is 3.69. The van der Waals surface area contributed by atoms with Crippen LogP contribution < -0.4 is 5.32 Å². The molecule has 1 rings (SSSR count). The molecular formula is C8H11F2NO. The van der Waals surface area contributed by atoms with Gasteiger partial charge in [-0.25, -0.2) is 8.78 Å². The van der Waals surface area contributed by atoms with Crippen molar-refractivity contribution in [1.29, 1.82) is 0 Å². The lowest BCUT2D eigenvalue weighted by Crippen LogP contribution is -2.53. The molecule has 68 valence electrons. The Balaban J connectivity index is 2.71. The lowest BCUT2D eigenvalue weighted by atomic mass is 9.65. The highest BCUT2D eigenvalue weighted by Gasteiger charge is 2.58. The van der Waals surface area contributed by atoms with Crippen molar-refractivity contribution in [2.24, 2.45) is 5.41 Å². The summed E-state index contributed by atoms with van der Waals surface area (Å²) in [5.74, 6) is -3.07. The monoisotopic (exact) mass is 175 g/mol. The fourth-order valence-corrected chi connectivity index (χ4v) is 1.52. The molecule has 0 atom stereocenters. The topological polar surface area (TPSA) is 29.1 Å². The number of carbonyl (C=O) groups is 1. The van der Waals surface area contributed by atoms with Crippen LogP contribution in [0.3, 0.4) is 0 Å². The molecule has 1 aliphatic rings. The molecule has 2 nitrogen and oxygen atoms in total. The zero-order valence-electron chi connectivity index (χ0n) is 6.86. The molecule has 1 amide bonds. The van der Waals surface area contributed by atoms with Gasteiger partial charge in [0.1, 0.15) is 0 Å². The van der Waals surface area contributed by atoms with E-state index in [2.05, 4.69) is 11.9 Å². The molecule has 1 fully saturated rings. The van der Waals surface area contributed by atoms with Crippen LogP contribution in [-0.2, 0) is 4.79 Å². The molecule has 0 aromatic heterocycles. The third-order valence-corrected chi connectivity index (χ3v) is 2.22. The van der Waals surface area contributed by atoms with Crippen LogP contribution in [0.25, 0.3) is 0 Å². The van der Waals surface area contributed by atoms with Crippen LogP contribution in [0.4, 0.5) is 8.78 Å². The van der Waals surface area contributed by atoms with E-state index >= 15 is 0 Å². The molecule has 0 spiro atoms. The Hall–Kier alpha value is -0.930. The zero-order chi connectivity index (χ0) is 9.41. The minimum absolute atomic E-state index is 0.372. The van der Waals surface area contributed by atoms with Gasteiger partial charge in [-0.1, -0.05) is 6.08 Å². The van der Waals surface area contributed by atoms with Crippen LogP contribution in [-0.4, -0.2) is 18.9 Å². The summed E-state index contributed by atoms with van der Waals surface area (Å²) in [7, 11) is 1.43. The summed E-state index contributed by atoms with van der Waals surface area (Å²) in [5, 5.41) is 2.35. The van der Waals surface area contributed by atoms with E-state index in [4.69, 9.17) is 0 Å². The third kappa shape index (κ3) is 1.21. The lowest BCUT2D eigenvalue weighted by molar-refractivity contribution is -0.166. The summed E-state index contributed by atoms with van der Waals surface area (Å²) >= 11 is 0. The van der Waals surface area contributed by atoms with Crippen molar-refractivity contribution in [2.75, 3.05) is 7.05 Å². The van der Waals surface area contributed by atoms with E-state index in [1.807, 2.05) is 0 Å². The maximum atomic E-state index is 12.5. The minimum Gasteiger partial charge on any atom is -0.358 e. The van der Waals surface area contributed by atoms with Crippen molar-refractivity contribution in [3.8, 4) is 0 Å². The van der Waals surface area contributed by atoms with Crippen LogP contribution in [0.2, 0.25) is 0 Å². The van der Waals surface area contributed by atoms with E-state index in [9.17, 15) is 13.6 Å². The normalized spacial score (nSPS) is 23.9. The molecule has 12 heavy (non-hydrogen) atoms. The number of hydrogen-bond donors (Lipinski definition) is 1. The molecule has 1 N–H and O–H groups in total. The molecule has 4 heteroatoms. The molecule has 0 heterocycles. The Morgan fingerprint density at radius 3 is 2.33 bits per heavy atom. The van der Waals surface area contributed by atoms with Gasteiger partial charge < -0.3 is 5.32 Å². The second-order valence-electron chi connectivity index (χ2n) is 3.15. The van der Waals surface area contributed by atoms with Crippen LogP contribution in [0.1, 0.15) is 12.8 Å². The average molecular weight is 175 g/mol. The average Bonchev–Trinajstić information content (AvgIpc) is 1.97. The van der Waals surface area contributed by atoms with Crippen LogP contribution in [0.5, 0.6) is 0 Å². The summed E-state index contributed by atoms with van der Waals surface area (Å²) in [6.45, 7) is 3.40. The van der Waals surface area contributed by atoms with E-state index < -0.39 is 24.2 Å². The summed E-state index contributed by atoms with van der Waals surface area (Å²) < 4.78 is 25.0. The summed E-state index contributed by atoms with van der Waals surface area (Å²) in [4.78, 5) is 11.1. The fourth-order valence-electron chi connectivity index (χ4n) is 1.52. The Morgan fingerprint density at radius 1 is 1.58 bits per heavy atom. The van der Waals surface area contributed by atoms with Gasteiger partial charge in [0.15, 0.2) is 0 Å². The first-order valence-electron chi connectivity index (χ1n) is 3.69. The third-order valence-electron chi connectivity index (χ3n) is 2.22. The zero-order valence-corrected chi connectivity index (χ0v) is 6.86. The largest absolute Gasteiger partial charge is 0.358 e. The van der Waals surface area contributed by atoms with E-state index in [0.29, 0.717) is 0 Å². The molecule has 0 bridgehead atoms. The molecule has 0 saturated heterocycles. The molecule has 0 aromatic carbocycles. The Morgan fingerprint density at radius 2 is 2.08 bits per heavy atom. The molecule has 1 saturated carbocycles. The first-order chi connectivity index (χ1) is 5.46. The highest BCUT2D eigenvalue weighted by atomic mass is 19.3. The van der Waals surface area contributed by atoms with Gasteiger partial charge in [0.05, 0.1) is 5.41 Å². The van der Waals surface area contributed by atoms with Gasteiger partial charge in [0, 0.05) is 19.9 Å². The maximum absolute atomic E-state index is 12.5. The molecular weight excluding hydrogens is 164 g/mol. The van der Waals surface area contributed by atoms with E-state index in [1.165, 1.54) is 13.1 Å². The van der Waals surface area contributed by atoms with Gasteiger partial charge >= 0.3 is 0 Å². The van der Waals surface area contributed by atoms with E-state index in [-0.39, 0.29) is 5.91 Å². The summed E-state index contributed by atoms with van der Waals surface area (Å²) in [6.07, 6.45) is 0.482. The van der Waals surface area contributed by atoms with E-state index in [1.54, 1.807) is 0 Å². The quantitative estimate of drug-likeness (QED) is 0.630. The maximum Gasteiger partial charge on any atom is 0.250 e. The van der Waals surface area contributed by atoms with Gasteiger partial charge in [-0.05, 0) is 0 Å². The molecule has 1 aliphatic carbocycles. The predicted octanol–water partition coefficient (Wildman–Crippen LogP) is 1.33. The smallest absolute Gasteiger partial charge is 0.250 e. The van der Waals surface area contributed by atoms with Crippen molar-refractivity contribution in [1.82, 2.24) is 5.32 Å². The Bertz CT molecular complexity index is 217. The summed E-state index contributed by atoms with van der Waals surface area (Å²) in [5.41, 5.74) is -1.03. The highest BCUT2D eigenvalue weighted by Crippen LogP contribution is 2.52. The van der Waals surface area contributed by atoms with Crippen LogP contribution >= 0.6 is 0 Å². The molecule has 0 aliphatic heterocycles. The number of alkyl halides is 2. The van der Waals surface area contributed by atoms with E-state index in [0.717, 1.165) is 0 Å². The van der Waals surface area contributed by atoms with Crippen LogP contribution in [0, 0.1) is 5.41 Å². The number of halogens is 2. The van der Waals surface area contributed by atoms with Gasteiger partial charge in [-0.15, -0.1) is 6.58 Å². The fraction of sp³-hybridized carbons (Fsp3) is 0.625. The number of rotatable bonds is 2. The van der Waals surface area contributed by atoms with Crippen molar-refractivity contribution < 1.29 is 13.6 Å². The highest BCUT2D eigenvalue weighted by molar-refractivity contribution is 5.85. The van der Waals surface area contributed by atoms with Crippen molar-refractivity contribution in [2.45, 2.75) is 18.8 Å². The van der Waals surface area contributed by atoms with Crippen molar-refractivity contribution in [3.63, 3.8) is 0 Å². The lowest BCUT2D eigenvalue weighted by Gasteiger charge is -2.43. The van der Waals surface area contributed by atoms with Crippen LogP contribution in [0.15, 0.2) is 12.7 Å². The molecule has 0 radical (unpaired) electrons. The number of hydrogen-bond acceptors (Lipinski definition) is 1. The second kappa shape index (κ2) is 2.54. The number of carbonyl (C=O) groups excluding carboxylic acids is 1. The van der Waals surface area contributed by atoms with Crippen molar-refractivity contribution in [3.05, 3.63) is 12.7 Å². The number of amides is 1. The Labute approximate surface area is 69.6 Å². The Kier molecular flexibility index (Phi) is 1.94.